The average molecular weight is 360 g/mol. The highest BCUT2D eigenvalue weighted by Crippen LogP contribution is 2.37. The summed E-state index contributed by atoms with van der Waals surface area (Å²) in [5, 5.41) is 0. The fraction of sp³-hybridized carbons (Fsp3) is 0.533. The highest BCUT2D eigenvalue weighted by molar-refractivity contribution is 9.10. The van der Waals surface area contributed by atoms with Gasteiger partial charge in [-0.05, 0) is 60.8 Å². The van der Waals surface area contributed by atoms with Gasteiger partial charge in [-0.2, -0.15) is 0 Å². The minimum Gasteiger partial charge on any atom is -0.490 e. The Bertz CT molecular complexity index is 477. The first-order chi connectivity index (χ1) is 9.97. The lowest BCUT2D eigenvalue weighted by molar-refractivity contribution is -0.145. The molecule has 0 aromatic heterocycles. The highest BCUT2D eigenvalue weighted by atomic mass is 79.9. The summed E-state index contributed by atoms with van der Waals surface area (Å²) >= 11 is 3.45. The minimum atomic E-state index is -0.411. The van der Waals surface area contributed by atoms with Crippen LogP contribution in [-0.4, -0.2) is 31.8 Å². The van der Waals surface area contributed by atoms with Crippen molar-refractivity contribution in [3.05, 3.63) is 22.2 Å². The molecule has 0 bridgehead atoms. The zero-order valence-electron chi connectivity index (χ0n) is 12.6. The third-order valence-corrected chi connectivity index (χ3v) is 3.16. The second-order valence-corrected chi connectivity index (χ2v) is 5.47. The molecule has 1 unspecified atom stereocenters. The number of hydrogen-bond acceptors (Lipinski definition) is 5. The van der Waals surface area contributed by atoms with E-state index < -0.39 is 5.97 Å². The molecule has 6 heteroatoms. The van der Waals surface area contributed by atoms with Crippen LogP contribution in [0.3, 0.4) is 0 Å². The molecule has 1 aromatic rings. The number of nitrogens with two attached hydrogens (primary N) is 1. The monoisotopic (exact) mass is 359 g/mol. The molecule has 5 nitrogen and oxygen atoms in total. The Morgan fingerprint density at radius 1 is 1.29 bits per heavy atom. The van der Waals surface area contributed by atoms with E-state index in [-0.39, 0.29) is 12.6 Å². The summed E-state index contributed by atoms with van der Waals surface area (Å²) in [4.78, 5) is 11.4. The van der Waals surface area contributed by atoms with Gasteiger partial charge in [0, 0.05) is 6.04 Å². The molecule has 0 aliphatic rings. The topological polar surface area (TPSA) is 70.8 Å². The number of halogens is 1. The van der Waals surface area contributed by atoms with Crippen LogP contribution in [-0.2, 0) is 16.0 Å². The smallest absolute Gasteiger partial charge is 0.344 e. The quantitative estimate of drug-likeness (QED) is 0.722. The van der Waals surface area contributed by atoms with Crippen molar-refractivity contribution < 1.29 is 19.0 Å². The Kier molecular flexibility index (Phi) is 7.53. The van der Waals surface area contributed by atoms with Crippen molar-refractivity contribution in [3.63, 3.8) is 0 Å². The molecule has 1 aromatic carbocycles. The first-order valence-corrected chi connectivity index (χ1v) is 7.76. The lowest BCUT2D eigenvalue weighted by Crippen LogP contribution is -2.18. The number of ether oxygens (including phenoxy) is 3. The van der Waals surface area contributed by atoms with Gasteiger partial charge in [-0.15, -0.1) is 0 Å². The maximum Gasteiger partial charge on any atom is 0.344 e. The highest BCUT2D eigenvalue weighted by Gasteiger charge is 2.15. The van der Waals surface area contributed by atoms with Crippen molar-refractivity contribution >= 4 is 21.9 Å². The number of esters is 1. The van der Waals surface area contributed by atoms with E-state index in [0.717, 1.165) is 16.5 Å². The molecule has 118 valence electrons. The number of rotatable bonds is 8. The molecule has 0 radical (unpaired) electrons. The van der Waals surface area contributed by atoms with Crippen molar-refractivity contribution in [2.45, 2.75) is 33.2 Å². The predicted octanol–water partition coefficient (Wildman–Crippen LogP) is 2.68. The fourth-order valence-electron chi connectivity index (χ4n) is 1.85. The minimum absolute atomic E-state index is 0.0534. The molecule has 0 saturated heterocycles. The molecule has 1 rings (SSSR count). The SMILES string of the molecule is CCOC(=O)COc1c(Br)cc(CC(C)N)cc1OCC. The molecule has 1 atom stereocenters. The van der Waals surface area contributed by atoms with Gasteiger partial charge in [0.2, 0.25) is 0 Å². The van der Waals surface area contributed by atoms with E-state index in [9.17, 15) is 4.79 Å². The van der Waals surface area contributed by atoms with Crippen molar-refractivity contribution in [3.8, 4) is 11.5 Å². The Balaban J connectivity index is 2.92. The summed E-state index contributed by atoms with van der Waals surface area (Å²) in [5.41, 5.74) is 6.86. The number of carbonyl (C=O) groups is 1. The standard InChI is InChI=1S/C15H22BrNO4/c1-4-19-13-8-11(6-10(3)17)7-12(16)15(13)21-9-14(18)20-5-2/h7-8,10H,4-6,9,17H2,1-3H3. The Morgan fingerprint density at radius 3 is 2.57 bits per heavy atom. The lowest BCUT2D eigenvalue weighted by Gasteiger charge is -2.15. The molecule has 0 amide bonds. The van der Waals surface area contributed by atoms with Gasteiger partial charge in [-0.1, -0.05) is 0 Å². The number of benzene rings is 1. The van der Waals surface area contributed by atoms with E-state index in [1.165, 1.54) is 0 Å². The van der Waals surface area contributed by atoms with E-state index in [2.05, 4.69) is 15.9 Å². The van der Waals surface area contributed by atoms with Crippen LogP contribution in [0.2, 0.25) is 0 Å². The maximum absolute atomic E-state index is 11.4. The fourth-order valence-corrected chi connectivity index (χ4v) is 2.45. The largest absolute Gasteiger partial charge is 0.490 e. The summed E-state index contributed by atoms with van der Waals surface area (Å²) in [6.07, 6.45) is 0.733. The molecule has 0 saturated carbocycles. The van der Waals surface area contributed by atoms with Crippen LogP contribution >= 0.6 is 15.9 Å². The van der Waals surface area contributed by atoms with E-state index in [1.54, 1.807) is 6.92 Å². The third kappa shape index (κ3) is 5.93. The molecular formula is C15H22BrNO4. The van der Waals surface area contributed by atoms with Crippen LogP contribution in [0, 0.1) is 0 Å². The van der Waals surface area contributed by atoms with Gasteiger partial charge in [0.1, 0.15) is 0 Å². The van der Waals surface area contributed by atoms with E-state index in [1.807, 2.05) is 26.0 Å². The number of carbonyl (C=O) groups excluding carboxylic acids is 1. The molecule has 21 heavy (non-hydrogen) atoms. The Hall–Kier alpha value is -1.27. The lowest BCUT2D eigenvalue weighted by atomic mass is 10.1. The summed E-state index contributed by atoms with van der Waals surface area (Å²) in [6.45, 7) is 6.26. The summed E-state index contributed by atoms with van der Waals surface area (Å²) in [5.74, 6) is 0.677. The van der Waals surface area contributed by atoms with Gasteiger partial charge in [0.15, 0.2) is 18.1 Å². The van der Waals surface area contributed by atoms with Crippen molar-refractivity contribution in [2.24, 2.45) is 5.73 Å². The summed E-state index contributed by atoms with van der Waals surface area (Å²) in [7, 11) is 0. The van der Waals surface area contributed by atoms with E-state index >= 15 is 0 Å². The van der Waals surface area contributed by atoms with Crippen LogP contribution in [0.1, 0.15) is 26.3 Å². The third-order valence-electron chi connectivity index (χ3n) is 2.57. The molecule has 2 N–H and O–H groups in total. The second kappa shape index (κ2) is 8.89. The normalized spacial score (nSPS) is 11.9. The molecule has 0 fully saturated rings. The zero-order valence-corrected chi connectivity index (χ0v) is 14.2. The van der Waals surface area contributed by atoms with Crippen molar-refractivity contribution in [2.75, 3.05) is 19.8 Å². The van der Waals surface area contributed by atoms with E-state index in [4.69, 9.17) is 19.9 Å². The number of hydrogen-bond donors (Lipinski definition) is 1. The Morgan fingerprint density at radius 2 is 2.00 bits per heavy atom. The van der Waals surface area contributed by atoms with E-state index in [0.29, 0.717) is 24.7 Å². The van der Waals surface area contributed by atoms with Crippen molar-refractivity contribution in [1.29, 1.82) is 0 Å². The van der Waals surface area contributed by atoms with Gasteiger partial charge in [0.25, 0.3) is 0 Å². The average Bonchev–Trinajstić information content (AvgIpc) is 2.37. The first kappa shape index (κ1) is 17.8. The van der Waals surface area contributed by atoms with Crippen LogP contribution in [0.15, 0.2) is 16.6 Å². The van der Waals surface area contributed by atoms with Crippen LogP contribution in [0.5, 0.6) is 11.5 Å². The molecule has 0 heterocycles. The molecular weight excluding hydrogens is 338 g/mol. The Labute approximate surface area is 133 Å². The van der Waals surface area contributed by atoms with Gasteiger partial charge < -0.3 is 19.9 Å². The zero-order chi connectivity index (χ0) is 15.8. The van der Waals surface area contributed by atoms with Gasteiger partial charge in [-0.3, -0.25) is 0 Å². The first-order valence-electron chi connectivity index (χ1n) is 6.97. The van der Waals surface area contributed by atoms with Crippen LogP contribution in [0.25, 0.3) is 0 Å². The maximum atomic E-state index is 11.4. The second-order valence-electron chi connectivity index (χ2n) is 4.61. The molecule has 0 spiro atoms. The molecule has 0 aliphatic carbocycles. The predicted molar refractivity (Wildman–Crippen MR) is 84.8 cm³/mol. The molecule has 0 aliphatic heterocycles. The van der Waals surface area contributed by atoms with Gasteiger partial charge in [-0.25, -0.2) is 4.79 Å². The van der Waals surface area contributed by atoms with Gasteiger partial charge in [0.05, 0.1) is 17.7 Å². The summed E-state index contributed by atoms with van der Waals surface area (Å²) in [6, 6.07) is 3.86. The van der Waals surface area contributed by atoms with Crippen LogP contribution < -0.4 is 15.2 Å². The van der Waals surface area contributed by atoms with Crippen molar-refractivity contribution in [1.82, 2.24) is 0 Å². The van der Waals surface area contributed by atoms with Crippen LogP contribution in [0.4, 0.5) is 0 Å². The van der Waals surface area contributed by atoms with Gasteiger partial charge >= 0.3 is 5.97 Å². The summed E-state index contributed by atoms with van der Waals surface area (Å²) < 4.78 is 16.7.